The first-order chi connectivity index (χ1) is 16.8. The van der Waals surface area contributed by atoms with Crippen LogP contribution in [0.15, 0.2) is 70.2 Å². The summed E-state index contributed by atoms with van der Waals surface area (Å²) in [4.78, 5) is 5.00. The van der Waals surface area contributed by atoms with Gasteiger partial charge in [0.1, 0.15) is 5.82 Å². The quantitative estimate of drug-likeness (QED) is 0.297. The minimum absolute atomic E-state index is 0.136. The molecule has 4 aromatic rings. The van der Waals surface area contributed by atoms with Crippen molar-refractivity contribution in [2.45, 2.75) is 17.7 Å². The lowest BCUT2D eigenvalue weighted by molar-refractivity contribution is 0.275. The van der Waals surface area contributed by atoms with Crippen molar-refractivity contribution >= 4 is 60.6 Å². The Kier molecular flexibility index (Phi) is 7.05. The van der Waals surface area contributed by atoms with Crippen molar-refractivity contribution in [2.75, 3.05) is 25.0 Å². The monoisotopic (exact) mass is 593 g/mol. The van der Waals surface area contributed by atoms with Crippen molar-refractivity contribution in [1.82, 2.24) is 18.9 Å². The van der Waals surface area contributed by atoms with Gasteiger partial charge >= 0.3 is 0 Å². The van der Waals surface area contributed by atoms with E-state index in [4.69, 9.17) is 28.2 Å². The molecule has 1 aliphatic rings. The number of aromatic nitrogens is 3. The number of hydrogen-bond acceptors (Lipinski definition) is 5. The summed E-state index contributed by atoms with van der Waals surface area (Å²) in [5.74, 6) is 0.894. The Morgan fingerprint density at radius 1 is 1.11 bits per heavy atom. The molecule has 2 aromatic carbocycles. The topological polar surface area (TPSA) is 79.6 Å². The summed E-state index contributed by atoms with van der Waals surface area (Å²) in [6.07, 6.45) is 3.42. The molecule has 182 valence electrons. The first-order valence-corrected chi connectivity index (χ1v) is 14.1. The fraction of sp³-hybridized carbons (Fsp3) is 0.250. The molecular formula is C24H22BrCl2N5O2S. The highest BCUT2D eigenvalue weighted by Gasteiger charge is 2.30. The van der Waals surface area contributed by atoms with E-state index in [0.29, 0.717) is 35.3 Å². The molecule has 0 aliphatic carbocycles. The Balaban J connectivity index is 1.37. The van der Waals surface area contributed by atoms with Gasteiger partial charge in [-0.3, -0.25) is 0 Å². The first kappa shape index (κ1) is 24.5. The third kappa shape index (κ3) is 5.06. The van der Waals surface area contributed by atoms with Crippen LogP contribution in [-0.4, -0.2) is 47.0 Å². The molecule has 0 saturated carbocycles. The molecule has 1 atom stereocenters. The molecule has 0 bridgehead atoms. The van der Waals surface area contributed by atoms with Gasteiger partial charge in [0.2, 0.25) is 10.0 Å². The maximum atomic E-state index is 13.2. The van der Waals surface area contributed by atoms with E-state index in [0.717, 1.165) is 34.4 Å². The number of halogens is 3. The average molecular weight is 595 g/mol. The number of rotatable bonds is 6. The number of nitrogens with one attached hydrogen (secondary N) is 1. The fourth-order valence-electron chi connectivity index (χ4n) is 4.29. The van der Waals surface area contributed by atoms with Gasteiger partial charge in [-0.1, -0.05) is 41.4 Å². The van der Waals surface area contributed by atoms with E-state index in [1.807, 2.05) is 30.3 Å². The molecule has 7 nitrogen and oxygen atoms in total. The molecule has 3 heterocycles. The van der Waals surface area contributed by atoms with Crippen molar-refractivity contribution in [1.29, 1.82) is 0 Å². The van der Waals surface area contributed by atoms with Crippen LogP contribution < -0.4 is 5.32 Å². The molecule has 1 aliphatic heterocycles. The summed E-state index contributed by atoms with van der Waals surface area (Å²) in [6.45, 7) is 1.53. The van der Waals surface area contributed by atoms with Gasteiger partial charge < -0.3 is 5.32 Å². The smallest absolute Gasteiger partial charge is 0.243 e. The van der Waals surface area contributed by atoms with E-state index in [1.54, 1.807) is 39.3 Å². The average Bonchev–Trinajstić information content (AvgIpc) is 3.24. The number of fused-ring (bicyclic) bond motifs is 1. The minimum atomic E-state index is -3.58. The van der Waals surface area contributed by atoms with Gasteiger partial charge in [0, 0.05) is 41.3 Å². The molecule has 5 rings (SSSR count). The molecule has 0 spiro atoms. The molecule has 11 heteroatoms. The molecule has 0 amide bonds. The summed E-state index contributed by atoms with van der Waals surface area (Å²) in [7, 11) is -3.58. The van der Waals surface area contributed by atoms with Crippen LogP contribution in [0.3, 0.4) is 0 Å². The van der Waals surface area contributed by atoms with E-state index in [-0.39, 0.29) is 10.8 Å². The Morgan fingerprint density at radius 3 is 2.66 bits per heavy atom. The van der Waals surface area contributed by atoms with Crippen LogP contribution in [0.1, 0.15) is 12.8 Å². The minimum Gasteiger partial charge on any atom is -0.370 e. The second kappa shape index (κ2) is 10.1. The van der Waals surface area contributed by atoms with Crippen molar-refractivity contribution in [3.05, 3.63) is 75.3 Å². The lowest BCUT2D eigenvalue weighted by atomic mass is 10.00. The third-order valence-corrected chi connectivity index (χ3v) is 9.10. The lowest BCUT2D eigenvalue weighted by Crippen LogP contribution is -2.41. The lowest BCUT2D eigenvalue weighted by Gasteiger charge is -2.32. The molecule has 2 aromatic heterocycles. The summed E-state index contributed by atoms with van der Waals surface area (Å²) in [5.41, 5.74) is 2.22. The number of anilines is 1. The molecule has 0 radical (unpaired) electrons. The second-order valence-corrected chi connectivity index (χ2v) is 12.1. The number of benzene rings is 2. The Morgan fingerprint density at radius 2 is 1.89 bits per heavy atom. The highest BCUT2D eigenvalue weighted by atomic mass is 79.9. The van der Waals surface area contributed by atoms with E-state index < -0.39 is 10.0 Å². The zero-order valence-corrected chi connectivity index (χ0v) is 22.4. The van der Waals surface area contributed by atoms with Crippen LogP contribution in [0.25, 0.3) is 16.9 Å². The van der Waals surface area contributed by atoms with E-state index in [2.05, 4.69) is 26.3 Å². The summed E-state index contributed by atoms with van der Waals surface area (Å²) in [5, 5.41) is 9.03. The molecule has 1 N–H and O–H groups in total. The van der Waals surface area contributed by atoms with Crippen LogP contribution in [0, 0.1) is 5.92 Å². The molecule has 1 saturated heterocycles. The number of hydrogen-bond donors (Lipinski definition) is 1. The zero-order valence-electron chi connectivity index (χ0n) is 18.5. The second-order valence-electron chi connectivity index (χ2n) is 8.44. The van der Waals surface area contributed by atoms with Gasteiger partial charge in [0.25, 0.3) is 0 Å². The predicted molar refractivity (Wildman–Crippen MR) is 143 cm³/mol. The molecule has 1 unspecified atom stereocenters. The third-order valence-electron chi connectivity index (χ3n) is 6.08. The predicted octanol–water partition coefficient (Wildman–Crippen LogP) is 5.98. The summed E-state index contributed by atoms with van der Waals surface area (Å²) >= 11 is 15.9. The Bertz CT molecular complexity index is 1480. The van der Waals surface area contributed by atoms with Gasteiger partial charge in [-0.05, 0) is 65.0 Å². The van der Waals surface area contributed by atoms with Gasteiger partial charge in [-0.25, -0.2) is 13.4 Å². The van der Waals surface area contributed by atoms with Gasteiger partial charge in [-0.15, -0.1) is 0 Å². The van der Waals surface area contributed by atoms with Gasteiger partial charge in [-0.2, -0.15) is 13.9 Å². The Labute approximate surface area is 222 Å². The van der Waals surface area contributed by atoms with Gasteiger partial charge in [0.05, 0.1) is 21.3 Å². The van der Waals surface area contributed by atoms with Crippen LogP contribution in [0.5, 0.6) is 0 Å². The first-order valence-electron chi connectivity index (χ1n) is 11.1. The van der Waals surface area contributed by atoms with Crippen molar-refractivity contribution in [2.24, 2.45) is 5.92 Å². The number of piperidine rings is 1. The number of sulfonamides is 1. The SMILES string of the molecule is O=S(=O)(c1ccc(Cl)cc1)N1CCCC(CNc2cc(-c3ccccc3Cl)nc3c(Br)cnn23)C1. The molecule has 1 fully saturated rings. The number of nitrogens with zero attached hydrogens (tertiary/aromatic N) is 4. The largest absolute Gasteiger partial charge is 0.370 e. The van der Waals surface area contributed by atoms with Crippen LogP contribution in [-0.2, 0) is 10.0 Å². The summed E-state index contributed by atoms with van der Waals surface area (Å²) in [6, 6.07) is 15.8. The van der Waals surface area contributed by atoms with Crippen LogP contribution in [0.4, 0.5) is 5.82 Å². The van der Waals surface area contributed by atoms with E-state index in [9.17, 15) is 8.42 Å². The molecule has 35 heavy (non-hydrogen) atoms. The van der Waals surface area contributed by atoms with Crippen LogP contribution in [0.2, 0.25) is 10.0 Å². The van der Waals surface area contributed by atoms with Crippen molar-refractivity contribution in [3.8, 4) is 11.3 Å². The van der Waals surface area contributed by atoms with Gasteiger partial charge in [0.15, 0.2) is 5.65 Å². The van der Waals surface area contributed by atoms with Crippen LogP contribution >= 0.6 is 39.1 Å². The van der Waals surface area contributed by atoms with Crippen molar-refractivity contribution in [3.63, 3.8) is 0 Å². The molecular weight excluding hydrogens is 573 g/mol. The maximum absolute atomic E-state index is 13.2. The maximum Gasteiger partial charge on any atom is 0.243 e. The zero-order chi connectivity index (χ0) is 24.6. The fourth-order valence-corrected chi connectivity index (χ4v) is 6.55. The Hall–Kier alpha value is -2.17. The van der Waals surface area contributed by atoms with E-state index in [1.165, 1.54) is 0 Å². The highest BCUT2D eigenvalue weighted by molar-refractivity contribution is 9.10. The normalized spacial score (nSPS) is 17.1. The summed E-state index contributed by atoms with van der Waals surface area (Å²) < 4.78 is 30.4. The highest BCUT2D eigenvalue weighted by Crippen LogP contribution is 2.31. The van der Waals surface area contributed by atoms with Crippen molar-refractivity contribution < 1.29 is 8.42 Å². The van der Waals surface area contributed by atoms with E-state index >= 15 is 0 Å². The standard InChI is InChI=1S/C24H22BrCl2N5O2S/c25-20-14-29-32-23(12-22(30-24(20)32)19-5-1-2-6-21(19)27)28-13-16-4-3-11-31(15-16)35(33,34)18-9-7-17(26)8-10-18/h1-2,5-10,12,14,16,28H,3-4,11,13,15H2.